The van der Waals surface area contributed by atoms with Gasteiger partial charge in [-0.25, -0.2) is 0 Å². The first-order valence-corrected chi connectivity index (χ1v) is 10.5. The Balaban J connectivity index is 1.63. The van der Waals surface area contributed by atoms with E-state index in [-0.39, 0.29) is 0 Å². The van der Waals surface area contributed by atoms with Crippen LogP contribution in [0.4, 0.5) is 0 Å². The average molecular weight is 475 g/mol. The number of aliphatic imine (C=N–C) groups is 1. The fourth-order valence-electron chi connectivity index (χ4n) is 3.06. The van der Waals surface area contributed by atoms with Crippen molar-refractivity contribution in [1.82, 2.24) is 0 Å². The highest BCUT2D eigenvalue weighted by atomic mass is 127. The molecule has 3 aromatic rings. The molecule has 0 saturated carbocycles. The van der Waals surface area contributed by atoms with Crippen molar-refractivity contribution >= 4 is 50.2 Å². The SMILES string of the molecule is COc1cc(C2=NCCS2)cc(I)c1OCc1cccc2ccccc12. The summed E-state index contributed by atoms with van der Waals surface area (Å²) in [5.41, 5.74) is 2.27. The molecule has 5 heteroatoms. The molecule has 0 bridgehead atoms. The number of nitrogens with zero attached hydrogens (tertiary/aromatic N) is 1. The third kappa shape index (κ3) is 3.55. The van der Waals surface area contributed by atoms with E-state index in [0.717, 1.165) is 38.0 Å². The molecule has 0 spiro atoms. The maximum absolute atomic E-state index is 6.19. The largest absolute Gasteiger partial charge is 0.493 e. The number of hydrogen-bond acceptors (Lipinski definition) is 4. The number of thioether (sulfide) groups is 1. The van der Waals surface area contributed by atoms with Crippen LogP contribution >= 0.6 is 34.4 Å². The van der Waals surface area contributed by atoms with E-state index >= 15 is 0 Å². The van der Waals surface area contributed by atoms with Gasteiger partial charge in [-0.05, 0) is 51.1 Å². The van der Waals surface area contributed by atoms with Gasteiger partial charge in [-0.2, -0.15) is 0 Å². The Morgan fingerprint density at radius 1 is 1.12 bits per heavy atom. The number of halogens is 1. The van der Waals surface area contributed by atoms with Crippen LogP contribution in [0.1, 0.15) is 11.1 Å². The number of benzene rings is 3. The summed E-state index contributed by atoms with van der Waals surface area (Å²) >= 11 is 4.10. The molecular formula is C21H18INO2S. The van der Waals surface area contributed by atoms with Gasteiger partial charge in [0.1, 0.15) is 6.61 Å². The Morgan fingerprint density at radius 2 is 1.96 bits per heavy atom. The van der Waals surface area contributed by atoms with Crippen molar-refractivity contribution in [3.05, 3.63) is 69.3 Å². The van der Waals surface area contributed by atoms with Crippen molar-refractivity contribution in [1.29, 1.82) is 0 Å². The quantitative estimate of drug-likeness (QED) is 0.455. The van der Waals surface area contributed by atoms with Crippen molar-refractivity contribution in [3.8, 4) is 11.5 Å². The third-order valence-electron chi connectivity index (χ3n) is 4.31. The van der Waals surface area contributed by atoms with Crippen LogP contribution in [0.15, 0.2) is 59.6 Å². The fraction of sp³-hybridized carbons (Fsp3) is 0.190. The van der Waals surface area contributed by atoms with Crippen molar-refractivity contribution in [2.24, 2.45) is 4.99 Å². The van der Waals surface area contributed by atoms with E-state index in [9.17, 15) is 0 Å². The summed E-state index contributed by atoms with van der Waals surface area (Å²) in [5.74, 6) is 2.59. The first kappa shape index (κ1) is 17.7. The van der Waals surface area contributed by atoms with E-state index in [1.165, 1.54) is 16.3 Å². The zero-order valence-electron chi connectivity index (χ0n) is 14.4. The molecule has 0 atom stereocenters. The molecular weight excluding hydrogens is 457 g/mol. The molecule has 1 aliphatic heterocycles. The second-order valence-corrected chi connectivity index (χ2v) is 8.20. The lowest BCUT2D eigenvalue weighted by Gasteiger charge is -2.15. The summed E-state index contributed by atoms with van der Waals surface area (Å²) in [7, 11) is 1.68. The molecule has 1 aliphatic rings. The van der Waals surface area contributed by atoms with Gasteiger partial charge in [-0.15, -0.1) is 11.8 Å². The predicted molar refractivity (Wildman–Crippen MR) is 118 cm³/mol. The van der Waals surface area contributed by atoms with Crippen LogP contribution in [0.25, 0.3) is 10.8 Å². The standard InChI is InChI=1S/C21H18INO2S/c1-24-19-12-16(21-23-9-10-26-21)11-18(22)20(19)25-13-15-7-4-6-14-5-2-3-8-17(14)15/h2-8,11-12H,9-10,13H2,1H3. The molecule has 0 radical (unpaired) electrons. The lowest BCUT2D eigenvalue weighted by molar-refractivity contribution is 0.283. The fourth-order valence-corrected chi connectivity index (χ4v) is 4.66. The second-order valence-electron chi connectivity index (χ2n) is 5.95. The van der Waals surface area contributed by atoms with Crippen molar-refractivity contribution in [3.63, 3.8) is 0 Å². The van der Waals surface area contributed by atoms with Crippen LogP contribution in [0.3, 0.4) is 0 Å². The highest BCUT2D eigenvalue weighted by Gasteiger charge is 2.17. The molecule has 0 fully saturated rings. The van der Waals surface area contributed by atoms with Crippen molar-refractivity contribution < 1.29 is 9.47 Å². The van der Waals surface area contributed by atoms with Gasteiger partial charge < -0.3 is 9.47 Å². The number of hydrogen-bond donors (Lipinski definition) is 0. The zero-order chi connectivity index (χ0) is 17.9. The van der Waals surface area contributed by atoms with E-state index in [2.05, 4.69) is 76.1 Å². The van der Waals surface area contributed by atoms with E-state index in [4.69, 9.17) is 9.47 Å². The molecule has 0 N–H and O–H groups in total. The molecule has 0 aromatic heterocycles. The summed E-state index contributed by atoms with van der Waals surface area (Å²) in [6.07, 6.45) is 0. The van der Waals surface area contributed by atoms with Gasteiger partial charge in [0.15, 0.2) is 11.5 Å². The Hall–Kier alpha value is -1.73. The molecule has 0 aliphatic carbocycles. The molecule has 26 heavy (non-hydrogen) atoms. The average Bonchev–Trinajstić information content (AvgIpc) is 3.21. The zero-order valence-corrected chi connectivity index (χ0v) is 17.3. The Kier molecular flexibility index (Phi) is 5.36. The summed E-state index contributed by atoms with van der Waals surface area (Å²) in [5, 5.41) is 3.53. The normalized spacial score (nSPS) is 13.7. The Bertz CT molecular complexity index is 982. The van der Waals surface area contributed by atoms with E-state index in [1.54, 1.807) is 18.9 Å². The molecule has 4 rings (SSSR count). The maximum atomic E-state index is 6.19. The van der Waals surface area contributed by atoms with Crippen LogP contribution in [0.5, 0.6) is 11.5 Å². The Morgan fingerprint density at radius 3 is 2.77 bits per heavy atom. The van der Waals surface area contributed by atoms with Crippen LogP contribution in [0, 0.1) is 3.57 Å². The minimum atomic E-state index is 0.503. The van der Waals surface area contributed by atoms with E-state index < -0.39 is 0 Å². The molecule has 1 heterocycles. The molecule has 0 saturated heterocycles. The monoisotopic (exact) mass is 475 g/mol. The van der Waals surface area contributed by atoms with Crippen molar-refractivity contribution in [2.45, 2.75) is 6.61 Å². The molecule has 132 valence electrons. The summed E-state index contributed by atoms with van der Waals surface area (Å²) in [4.78, 5) is 4.56. The van der Waals surface area contributed by atoms with Gasteiger partial charge in [0, 0.05) is 17.9 Å². The van der Waals surface area contributed by atoms with Gasteiger partial charge in [0.25, 0.3) is 0 Å². The summed E-state index contributed by atoms with van der Waals surface area (Å²) in [6.45, 7) is 1.39. The van der Waals surface area contributed by atoms with E-state index in [1.807, 2.05) is 6.07 Å². The second kappa shape index (κ2) is 7.88. The van der Waals surface area contributed by atoms with Crippen molar-refractivity contribution in [2.75, 3.05) is 19.4 Å². The highest BCUT2D eigenvalue weighted by molar-refractivity contribution is 14.1. The van der Waals surface area contributed by atoms with E-state index in [0.29, 0.717) is 6.61 Å². The van der Waals surface area contributed by atoms with Gasteiger partial charge >= 0.3 is 0 Å². The van der Waals surface area contributed by atoms with Crippen LogP contribution < -0.4 is 9.47 Å². The number of rotatable bonds is 5. The first-order chi connectivity index (χ1) is 12.8. The van der Waals surface area contributed by atoms with Crippen LogP contribution in [-0.4, -0.2) is 24.5 Å². The smallest absolute Gasteiger partial charge is 0.174 e. The minimum absolute atomic E-state index is 0.503. The lowest BCUT2D eigenvalue weighted by Crippen LogP contribution is -2.02. The lowest BCUT2D eigenvalue weighted by atomic mass is 10.1. The Labute approximate surface area is 170 Å². The molecule has 3 nitrogen and oxygen atoms in total. The van der Waals surface area contributed by atoms with Gasteiger partial charge in [0.05, 0.1) is 15.7 Å². The van der Waals surface area contributed by atoms with Gasteiger partial charge in [-0.3, -0.25) is 4.99 Å². The summed E-state index contributed by atoms with van der Waals surface area (Å²) < 4.78 is 12.8. The number of fused-ring (bicyclic) bond motifs is 1. The summed E-state index contributed by atoms with van der Waals surface area (Å²) in [6, 6.07) is 18.8. The number of methoxy groups -OCH3 is 1. The molecule has 0 unspecified atom stereocenters. The first-order valence-electron chi connectivity index (χ1n) is 8.41. The third-order valence-corrected chi connectivity index (χ3v) is 6.14. The number of ether oxygens (including phenoxy) is 2. The van der Waals surface area contributed by atoms with Crippen LogP contribution in [0.2, 0.25) is 0 Å². The topological polar surface area (TPSA) is 30.8 Å². The van der Waals surface area contributed by atoms with Gasteiger partial charge in [-0.1, -0.05) is 42.5 Å². The minimum Gasteiger partial charge on any atom is -0.493 e. The van der Waals surface area contributed by atoms with Crippen LogP contribution in [-0.2, 0) is 6.61 Å². The van der Waals surface area contributed by atoms with Gasteiger partial charge in [0.2, 0.25) is 0 Å². The maximum Gasteiger partial charge on any atom is 0.174 e. The molecule has 0 amide bonds. The molecule has 3 aromatic carbocycles. The predicted octanol–water partition coefficient (Wildman–Crippen LogP) is 5.53. The highest BCUT2D eigenvalue weighted by Crippen LogP contribution is 2.36.